The highest BCUT2D eigenvalue weighted by Crippen LogP contribution is 2.31. The fourth-order valence-corrected chi connectivity index (χ4v) is 13.4. The maximum Gasteiger partial charge on any atom is 0.376 e. The molecule has 0 unspecified atom stereocenters. The summed E-state index contributed by atoms with van der Waals surface area (Å²) in [6.45, 7) is 23.1. The summed E-state index contributed by atoms with van der Waals surface area (Å²) < 4.78 is 33.1. The summed E-state index contributed by atoms with van der Waals surface area (Å²) in [5, 5.41) is 56.9. The number of aryl methyl sites for hydroxylation is 4. The predicted octanol–water partition coefficient (Wildman–Crippen LogP) is 13.0. The lowest BCUT2D eigenvalue weighted by molar-refractivity contribution is -0.134. The molecule has 8 aromatic rings. The molecule has 12 rings (SSSR count). The van der Waals surface area contributed by atoms with Crippen LogP contribution in [0.5, 0.6) is 23.0 Å². The monoisotopic (exact) mass is 1680 g/mol. The number of nitrogen functional groups attached to an aromatic ring is 1. The normalized spacial score (nSPS) is 12.7. The first-order valence-corrected chi connectivity index (χ1v) is 40.5. The zero-order valence-electron chi connectivity index (χ0n) is 70.0. The first-order chi connectivity index (χ1) is 56.7. The number of H-pyrrole nitrogens is 2. The molecule has 0 aliphatic heterocycles. The number of fused-ring (bicyclic) bond motifs is 4. The van der Waals surface area contributed by atoms with Gasteiger partial charge in [0, 0.05) is 118 Å². The Hall–Kier alpha value is -10.8. The van der Waals surface area contributed by atoms with Crippen molar-refractivity contribution in [1.82, 2.24) is 35.9 Å². The second-order valence-electron chi connectivity index (χ2n) is 28.6. The number of aromatic nitrogens is 2. The molecule has 4 aliphatic carbocycles. The van der Waals surface area contributed by atoms with E-state index in [4.69, 9.17) is 48.5 Å². The van der Waals surface area contributed by atoms with E-state index >= 15 is 0 Å². The third-order valence-corrected chi connectivity index (χ3v) is 19.3. The number of anilines is 4. The minimum Gasteiger partial charge on any atom is -0.492 e. The molecule has 4 aliphatic rings. The Morgan fingerprint density at radius 1 is 0.433 bits per heavy atom. The zero-order valence-corrected chi connectivity index (χ0v) is 70.8. The van der Waals surface area contributed by atoms with E-state index < -0.39 is 33.1 Å². The van der Waals surface area contributed by atoms with Gasteiger partial charge in [-0.1, -0.05) is 27.7 Å². The number of nitrogens with two attached hydrogens (primary N) is 1. The van der Waals surface area contributed by atoms with Crippen LogP contribution in [0.15, 0.2) is 131 Å². The number of ether oxygens (including phenoxy) is 4. The Labute approximate surface area is 708 Å². The van der Waals surface area contributed by atoms with E-state index in [-0.39, 0.29) is 70.5 Å². The van der Waals surface area contributed by atoms with Gasteiger partial charge in [-0.05, 0) is 208 Å². The Bertz CT molecular complexity index is 4390. The molecular weight excluding hydrogens is 1560 g/mol. The van der Waals surface area contributed by atoms with Gasteiger partial charge in [-0.15, -0.1) is 12.4 Å². The standard InChI is InChI=1S/C21H28BN3O4.C21H27BN2O5.C20H25N3O3.C12H21BN2O2.C9H8O4.C2H4O2.ClH.H3N/c1-3-11-25(22(2)28)12-13-29-16-9-7-15(8-10-16)24-21(27)17-14-23-18-5-4-6-19(26)20(17)18;1-3-11-24(22(2)27)12-13-28-16-9-7-15(8-10-16)23-21(26)17-14-29-19-6-4-5-18(25)20(17)19;1-2-10-21-11-12-26-15-8-6-14(7-9-15)23-20(25)16-13-22-17-4-3-5-18(24)19(16)17;1-3-8-15(13(2)16)9-10-17-12-6-4-11(14)5-7-12;10-6-2-1-3-7-8(6)5(4-13-7)9(11)12;1-2(3)4;;/h7-10,14,23,28H,3-6,11-13H2,1-2H3,(H,24,27);7-10,14,27H,3-6,11-13H2,1-2H3,(H,23,26);6-9,13,21-22H,2-5,10-12H2,1H3,(H,23,25);4-7,16H,3,8-10,14H2,1-2H3;4H,1-3H2,(H,11,12);1H3,(H,3,4);1H;1H3. The summed E-state index contributed by atoms with van der Waals surface area (Å²) >= 11 is 0. The summed E-state index contributed by atoms with van der Waals surface area (Å²) in [6, 6.07) is 28.8. The SMILES string of the molecule is CC(=O)O.CCCN(CCOc1ccc(N)cc1)B(C)O.CCCN(CCOc1ccc(NC(=O)c2c[nH]c3c2C(=O)CCC3)cc1)B(C)O.CCCN(CCOc1ccc(NC(=O)c2coc3c2C(=O)CCC3)cc1)B(C)O.CCCNCCOc1ccc(NC(=O)c2c[nH]c3c2C(=O)CCC3)cc1.Cl.N.O=C(O)c1coc2c1C(=O)CCC2. The summed E-state index contributed by atoms with van der Waals surface area (Å²) in [5.41, 5.74) is 12.8. The molecule has 0 radical (unpaired) electrons. The quantitative estimate of drug-likeness (QED) is 0.0101. The second-order valence-corrected chi connectivity index (χ2v) is 28.6. The van der Waals surface area contributed by atoms with E-state index in [1.54, 1.807) is 93.5 Å². The van der Waals surface area contributed by atoms with Crippen molar-refractivity contribution in [2.45, 2.75) is 158 Å². The number of hydrogen-bond acceptors (Lipinski definition) is 24. The Morgan fingerprint density at radius 3 is 1.07 bits per heavy atom. The van der Waals surface area contributed by atoms with Crippen molar-refractivity contribution in [1.29, 1.82) is 0 Å². The molecule has 16 N–H and O–H groups in total. The van der Waals surface area contributed by atoms with Crippen LogP contribution in [0.3, 0.4) is 0 Å². The number of aromatic amines is 2. The molecule has 0 fully saturated rings. The Morgan fingerprint density at radius 2 is 0.742 bits per heavy atom. The lowest BCUT2D eigenvalue weighted by atomic mass is 9.85. The van der Waals surface area contributed by atoms with Gasteiger partial charge in [0.05, 0.1) is 58.8 Å². The Balaban J connectivity index is 0.000000269. The van der Waals surface area contributed by atoms with Crippen LogP contribution in [0.2, 0.25) is 20.5 Å². The molecule has 0 saturated heterocycles. The lowest BCUT2D eigenvalue weighted by Gasteiger charge is -2.22. The summed E-state index contributed by atoms with van der Waals surface area (Å²) in [7, 11) is -1.43. The van der Waals surface area contributed by atoms with Crippen LogP contribution >= 0.6 is 12.4 Å². The summed E-state index contributed by atoms with van der Waals surface area (Å²) in [6.07, 6.45) is 17.8. The molecule has 31 nitrogen and oxygen atoms in total. The molecule has 0 spiro atoms. The minimum atomic E-state index is -1.10. The highest BCUT2D eigenvalue weighted by molar-refractivity contribution is 6.46. The zero-order chi connectivity index (χ0) is 85.6. The van der Waals surface area contributed by atoms with Crippen molar-refractivity contribution >= 4 is 109 Å². The van der Waals surface area contributed by atoms with E-state index in [1.807, 2.05) is 50.8 Å². The highest BCUT2D eigenvalue weighted by atomic mass is 35.5. The topological polar surface area (TPSA) is 468 Å². The Kier molecular flexibility index (Phi) is 43.5. The number of nitrogens with zero attached hydrogens (tertiary/aromatic N) is 3. The first kappa shape index (κ1) is 99.8. The van der Waals surface area contributed by atoms with Gasteiger partial charge in [-0.25, -0.2) is 4.79 Å². The molecule has 120 heavy (non-hydrogen) atoms. The van der Waals surface area contributed by atoms with E-state index in [2.05, 4.69) is 58.9 Å². The number of benzene rings is 4. The van der Waals surface area contributed by atoms with Crippen molar-refractivity contribution in [3.8, 4) is 23.0 Å². The number of amides is 3. The number of ketones is 4. The number of halogens is 1. The van der Waals surface area contributed by atoms with Gasteiger partial charge in [-0.2, -0.15) is 0 Å². The minimum absolute atomic E-state index is 0. The average molecular weight is 1680 g/mol. The number of aliphatic carboxylic acids is 1. The number of hydrogen-bond donors (Lipinski definition) is 13. The molecule has 4 aromatic carbocycles. The molecule has 3 amide bonds. The number of carboxylic acids is 2. The van der Waals surface area contributed by atoms with Crippen LogP contribution in [0.25, 0.3) is 0 Å². The lowest BCUT2D eigenvalue weighted by Crippen LogP contribution is -2.40. The number of carbonyl (C=O) groups is 9. The third-order valence-electron chi connectivity index (χ3n) is 19.3. The van der Waals surface area contributed by atoms with Gasteiger partial charge in [0.25, 0.3) is 23.7 Å². The van der Waals surface area contributed by atoms with Crippen molar-refractivity contribution in [3.63, 3.8) is 0 Å². The molecule has 4 aromatic heterocycles. The van der Waals surface area contributed by atoms with E-state index in [0.29, 0.717) is 152 Å². The number of furan rings is 2. The highest BCUT2D eigenvalue weighted by Gasteiger charge is 2.31. The molecule has 35 heteroatoms. The van der Waals surface area contributed by atoms with Crippen LogP contribution < -0.4 is 52.1 Å². The largest absolute Gasteiger partial charge is 0.492 e. The fourth-order valence-electron chi connectivity index (χ4n) is 13.4. The van der Waals surface area contributed by atoms with Crippen LogP contribution in [0.4, 0.5) is 22.7 Å². The van der Waals surface area contributed by atoms with Crippen molar-refractivity contribution < 1.29 is 96.2 Å². The predicted molar refractivity (Wildman–Crippen MR) is 467 cm³/mol. The van der Waals surface area contributed by atoms with Gasteiger partial charge in [0.1, 0.15) is 59.2 Å². The summed E-state index contributed by atoms with van der Waals surface area (Å²) in [4.78, 5) is 117. The van der Waals surface area contributed by atoms with Crippen molar-refractivity contribution in [3.05, 3.63) is 189 Å². The fraction of sp³-hybridized carbons (Fsp3) is 0.424. The van der Waals surface area contributed by atoms with E-state index in [0.717, 1.165) is 145 Å². The molecule has 648 valence electrons. The van der Waals surface area contributed by atoms with Crippen LogP contribution in [0, 0.1) is 0 Å². The van der Waals surface area contributed by atoms with Crippen LogP contribution in [-0.4, -0.2) is 202 Å². The maximum absolute atomic E-state index is 12.6. The average Bonchev–Trinajstić information content (AvgIpc) is 1.67. The third kappa shape index (κ3) is 31.7. The van der Waals surface area contributed by atoms with Crippen molar-refractivity contribution in [2.24, 2.45) is 0 Å². The van der Waals surface area contributed by atoms with Gasteiger partial charge >= 0.3 is 27.1 Å². The first-order valence-electron chi connectivity index (χ1n) is 40.5. The molecule has 4 heterocycles. The van der Waals surface area contributed by atoms with Crippen molar-refractivity contribution in [2.75, 3.05) is 100 Å². The van der Waals surface area contributed by atoms with Crippen LogP contribution in [0.1, 0.15) is 217 Å². The van der Waals surface area contributed by atoms with Gasteiger partial charge in [0.2, 0.25) is 0 Å². The molecular formula is C85H117B3ClN11O20. The smallest absolute Gasteiger partial charge is 0.376 e. The second kappa shape index (κ2) is 52.3. The maximum atomic E-state index is 12.6. The number of Topliss-reactive ketones (excluding diaryl/α,β-unsaturated/α-hetero) is 4. The van der Waals surface area contributed by atoms with E-state index in [1.165, 1.54) is 6.26 Å². The summed E-state index contributed by atoms with van der Waals surface area (Å²) in [5.74, 6) is 1.12. The van der Waals surface area contributed by atoms with Gasteiger partial charge in [0.15, 0.2) is 23.1 Å². The molecule has 0 bridgehead atoms. The number of carbonyl (C=O) groups excluding carboxylic acids is 7. The molecule has 0 saturated carbocycles. The van der Waals surface area contributed by atoms with Gasteiger partial charge in [-0.3, -0.25) is 38.4 Å². The van der Waals surface area contributed by atoms with E-state index in [9.17, 15) is 53.4 Å². The number of carboxylic acid groups (broad SMARTS) is 2. The number of nitrogens with one attached hydrogen (secondary N) is 6. The molecule has 0 atom stereocenters. The van der Waals surface area contributed by atoms with Crippen LogP contribution in [-0.2, 0) is 30.5 Å². The van der Waals surface area contributed by atoms with Gasteiger partial charge < -0.3 is 111 Å². The number of rotatable bonds is 34. The number of aromatic carboxylic acids is 1.